The van der Waals surface area contributed by atoms with E-state index in [1.54, 1.807) is 12.3 Å². The first-order valence-corrected chi connectivity index (χ1v) is 5.83. The molecule has 3 nitrogen and oxygen atoms in total. The van der Waals surface area contributed by atoms with Gasteiger partial charge in [-0.3, -0.25) is 4.98 Å². The summed E-state index contributed by atoms with van der Waals surface area (Å²) in [5.74, 6) is 0.523. The number of aliphatic hydroxyl groups is 1. The Morgan fingerprint density at radius 2 is 2.06 bits per heavy atom. The highest BCUT2D eigenvalue weighted by atomic mass is 16.4. The number of hydrogen-bond acceptors (Lipinski definition) is 3. The molecule has 2 aromatic heterocycles. The van der Waals surface area contributed by atoms with Crippen LogP contribution in [-0.2, 0) is 0 Å². The zero-order valence-corrected chi connectivity index (χ0v) is 10.00. The molecule has 3 heteroatoms. The summed E-state index contributed by atoms with van der Waals surface area (Å²) in [7, 11) is 0. The highest BCUT2D eigenvalue weighted by molar-refractivity contribution is 5.78. The van der Waals surface area contributed by atoms with E-state index in [2.05, 4.69) is 4.98 Å². The summed E-state index contributed by atoms with van der Waals surface area (Å²) < 4.78 is 5.65. The van der Waals surface area contributed by atoms with Crippen molar-refractivity contribution in [2.75, 3.05) is 0 Å². The first kappa shape index (κ1) is 11.0. The quantitative estimate of drug-likeness (QED) is 0.746. The summed E-state index contributed by atoms with van der Waals surface area (Å²) in [6, 6.07) is 13.2. The van der Waals surface area contributed by atoms with E-state index < -0.39 is 6.10 Å². The lowest BCUT2D eigenvalue weighted by molar-refractivity contribution is 0.187. The molecular formula is C15H13NO2. The van der Waals surface area contributed by atoms with Crippen molar-refractivity contribution in [1.82, 2.24) is 4.98 Å². The molecular weight excluding hydrogens is 226 g/mol. The lowest BCUT2D eigenvalue weighted by Crippen LogP contribution is -1.99. The number of furan rings is 1. The van der Waals surface area contributed by atoms with Crippen molar-refractivity contribution < 1.29 is 9.52 Å². The maximum atomic E-state index is 10.2. The predicted molar refractivity (Wildman–Crippen MR) is 69.2 cm³/mol. The highest BCUT2D eigenvalue weighted by Crippen LogP contribution is 2.27. The third-order valence-corrected chi connectivity index (χ3v) is 2.93. The zero-order valence-electron chi connectivity index (χ0n) is 10.00. The fraction of sp³-hybridized carbons (Fsp3) is 0.133. The molecule has 0 fully saturated rings. The molecule has 1 aromatic carbocycles. The van der Waals surface area contributed by atoms with Gasteiger partial charge >= 0.3 is 0 Å². The largest absolute Gasteiger partial charge is 0.458 e. The van der Waals surface area contributed by atoms with E-state index in [-0.39, 0.29) is 0 Å². The molecule has 1 atom stereocenters. The molecule has 0 bridgehead atoms. The molecule has 0 saturated carbocycles. The number of nitrogens with zero attached hydrogens (tertiary/aromatic N) is 1. The Hall–Kier alpha value is -2.13. The van der Waals surface area contributed by atoms with Gasteiger partial charge in [-0.25, -0.2) is 0 Å². The van der Waals surface area contributed by atoms with Gasteiger partial charge in [-0.1, -0.05) is 17.7 Å². The van der Waals surface area contributed by atoms with Gasteiger partial charge in [0.05, 0.1) is 5.69 Å². The number of rotatable bonds is 2. The molecule has 3 aromatic rings. The van der Waals surface area contributed by atoms with Crippen molar-refractivity contribution in [2.24, 2.45) is 0 Å². The Kier molecular flexibility index (Phi) is 2.61. The van der Waals surface area contributed by atoms with Crippen LogP contribution in [0.3, 0.4) is 0 Å². The number of aliphatic hydroxyl groups excluding tert-OH is 1. The summed E-state index contributed by atoms with van der Waals surface area (Å²) in [4.78, 5) is 4.13. The van der Waals surface area contributed by atoms with E-state index in [0.29, 0.717) is 11.5 Å². The van der Waals surface area contributed by atoms with Crippen LogP contribution in [-0.4, -0.2) is 10.1 Å². The van der Waals surface area contributed by atoms with E-state index in [0.717, 1.165) is 11.0 Å². The van der Waals surface area contributed by atoms with Crippen molar-refractivity contribution in [1.29, 1.82) is 0 Å². The monoisotopic (exact) mass is 239 g/mol. The molecule has 2 heterocycles. The molecule has 3 rings (SSSR count). The second-order valence-electron chi connectivity index (χ2n) is 4.35. The maximum Gasteiger partial charge on any atom is 0.153 e. The Balaban J connectivity index is 2.04. The number of aryl methyl sites for hydroxylation is 1. The molecule has 0 aliphatic heterocycles. The minimum atomic E-state index is -0.820. The van der Waals surface area contributed by atoms with Gasteiger partial charge in [0.1, 0.15) is 11.3 Å². The van der Waals surface area contributed by atoms with E-state index in [4.69, 9.17) is 4.42 Å². The van der Waals surface area contributed by atoms with Crippen LogP contribution in [0.1, 0.15) is 23.1 Å². The van der Waals surface area contributed by atoms with Crippen molar-refractivity contribution in [3.63, 3.8) is 0 Å². The van der Waals surface area contributed by atoms with Gasteiger partial charge in [0.15, 0.2) is 6.10 Å². The van der Waals surface area contributed by atoms with E-state index >= 15 is 0 Å². The SMILES string of the molecule is Cc1ccc2oc(C(O)c3ccccn3)cc2c1. The minimum absolute atomic E-state index is 0.523. The minimum Gasteiger partial charge on any atom is -0.458 e. The summed E-state index contributed by atoms with van der Waals surface area (Å²) in [6.07, 6.45) is 0.838. The molecule has 1 N–H and O–H groups in total. The molecule has 0 saturated heterocycles. The van der Waals surface area contributed by atoms with Gasteiger partial charge in [0.2, 0.25) is 0 Å². The van der Waals surface area contributed by atoms with Gasteiger partial charge in [-0.2, -0.15) is 0 Å². The highest BCUT2D eigenvalue weighted by Gasteiger charge is 2.16. The molecule has 0 spiro atoms. The molecule has 18 heavy (non-hydrogen) atoms. The predicted octanol–water partition coefficient (Wildman–Crippen LogP) is 3.22. The Labute approximate surface area is 105 Å². The van der Waals surface area contributed by atoms with Crippen LogP contribution < -0.4 is 0 Å². The van der Waals surface area contributed by atoms with Crippen LogP contribution in [0.4, 0.5) is 0 Å². The van der Waals surface area contributed by atoms with Crippen LogP contribution in [0.25, 0.3) is 11.0 Å². The fourth-order valence-corrected chi connectivity index (χ4v) is 2.00. The van der Waals surface area contributed by atoms with Crippen molar-refractivity contribution in [3.05, 3.63) is 65.7 Å². The lowest BCUT2D eigenvalue weighted by Gasteiger charge is -2.05. The van der Waals surface area contributed by atoms with Crippen molar-refractivity contribution in [3.8, 4) is 0 Å². The van der Waals surface area contributed by atoms with Crippen LogP contribution in [0.5, 0.6) is 0 Å². The number of fused-ring (bicyclic) bond motifs is 1. The number of benzene rings is 1. The molecule has 0 aliphatic rings. The first-order chi connectivity index (χ1) is 8.74. The van der Waals surface area contributed by atoms with Crippen molar-refractivity contribution in [2.45, 2.75) is 13.0 Å². The third kappa shape index (κ3) is 1.89. The number of aromatic nitrogens is 1. The van der Waals surface area contributed by atoms with E-state index in [9.17, 15) is 5.11 Å². The van der Waals surface area contributed by atoms with Gasteiger partial charge in [0.25, 0.3) is 0 Å². The third-order valence-electron chi connectivity index (χ3n) is 2.93. The summed E-state index contributed by atoms with van der Waals surface area (Å²) in [6.45, 7) is 2.03. The fourth-order valence-electron chi connectivity index (χ4n) is 2.00. The molecule has 0 radical (unpaired) electrons. The average molecular weight is 239 g/mol. The van der Waals surface area contributed by atoms with Crippen LogP contribution in [0.15, 0.2) is 53.1 Å². The van der Waals surface area contributed by atoms with Crippen LogP contribution in [0, 0.1) is 6.92 Å². The van der Waals surface area contributed by atoms with Gasteiger partial charge in [-0.05, 0) is 37.3 Å². The van der Waals surface area contributed by atoms with E-state index in [1.165, 1.54) is 5.56 Å². The van der Waals surface area contributed by atoms with Gasteiger partial charge in [-0.15, -0.1) is 0 Å². The number of hydrogen-bond donors (Lipinski definition) is 1. The van der Waals surface area contributed by atoms with E-state index in [1.807, 2.05) is 43.3 Å². The zero-order chi connectivity index (χ0) is 12.5. The molecule has 90 valence electrons. The molecule has 0 aliphatic carbocycles. The Morgan fingerprint density at radius 1 is 1.17 bits per heavy atom. The Morgan fingerprint density at radius 3 is 2.83 bits per heavy atom. The topological polar surface area (TPSA) is 46.3 Å². The normalized spacial score (nSPS) is 12.8. The summed E-state index contributed by atoms with van der Waals surface area (Å²) in [5.41, 5.74) is 2.54. The maximum absolute atomic E-state index is 10.2. The second kappa shape index (κ2) is 4.27. The number of pyridine rings is 1. The van der Waals surface area contributed by atoms with Crippen molar-refractivity contribution >= 4 is 11.0 Å². The van der Waals surface area contributed by atoms with Crippen LogP contribution in [0.2, 0.25) is 0 Å². The van der Waals surface area contributed by atoms with Gasteiger partial charge < -0.3 is 9.52 Å². The first-order valence-electron chi connectivity index (χ1n) is 5.83. The standard InChI is InChI=1S/C15H13NO2/c1-10-5-6-13-11(8-10)9-14(18-13)15(17)12-4-2-3-7-16-12/h2-9,15,17H,1H3. The second-order valence-corrected chi connectivity index (χ2v) is 4.35. The Bertz CT molecular complexity index is 673. The lowest BCUT2D eigenvalue weighted by atomic mass is 10.1. The van der Waals surface area contributed by atoms with Gasteiger partial charge in [0, 0.05) is 11.6 Å². The summed E-state index contributed by atoms with van der Waals surface area (Å²) in [5, 5.41) is 11.2. The smallest absolute Gasteiger partial charge is 0.153 e. The van der Waals surface area contributed by atoms with Crippen LogP contribution >= 0.6 is 0 Å². The average Bonchev–Trinajstić information content (AvgIpc) is 2.81. The molecule has 1 unspecified atom stereocenters. The molecule has 0 amide bonds. The summed E-state index contributed by atoms with van der Waals surface area (Å²) >= 11 is 0.